The average Bonchev–Trinajstić information content (AvgIpc) is 2.73. The Morgan fingerprint density at radius 2 is 2.03 bits per heavy atom. The van der Waals surface area contributed by atoms with Crippen molar-refractivity contribution in [2.75, 3.05) is 25.6 Å². The van der Waals surface area contributed by atoms with Gasteiger partial charge in [0, 0.05) is 28.9 Å². The number of anilines is 1. The van der Waals surface area contributed by atoms with Crippen molar-refractivity contribution < 1.29 is 14.3 Å². The van der Waals surface area contributed by atoms with Gasteiger partial charge in [-0.1, -0.05) is 29.8 Å². The Morgan fingerprint density at radius 3 is 2.77 bits per heavy atom. The summed E-state index contributed by atoms with van der Waals surface area (Å²) in [7, 11) is 1.33. The lowest BCUT2D eigenvalue weighted by Crippen LogP contribution is -2.16. The largest absolute Gasteiger partial charge is 0.465 e. The molecule has 0 spiro atoms. The first-order valence-electron chi connectivity index (χ1n) is 9.20. The van der Waals surface area contributed by atoms with Crippen LogP contribution in [0.1, 0.15) is 21.7 Å². The molecule has 0 unspecified atom stereocenters. The lowest BCUT2D eigenvalue weighted by atomic mass is 9.98. The summed E-state index contributed by atoms with van der Waals surface area (Å²) in [4.78, 5) is 34.1. The van der Waals surface area contributed by atoms with Crippen molar-refractivity contribution in [3.05, 3.63) is 75.1 Å². The number of carbonyl (C=O) groups is 1. The van der Waals surface area contributed by atoms with Crippen molar-refractivity contribution in [1.29, 1.82) is 0 Å². The van der Waals surface area contributed by atoms with E-state index in [1.54, 1.807) is 25.1 Å². The number of esters is 1. The van der Waals surface area contributed by atoms with Gasteiger partial charge >= 0.3 is 11.7 Å². The highest BCUT2D eigenvalue weighted by molar-refractivity contribution is 6.33. The highest BCUT2D eigenvalue weighted by Crippen LogP contribution is 2.32. The molecule has 9 heteroatoms. The van der Waals surface area contributed by atoms with Crippen molar-refractivity contribution >= 4 is 23.4 Å². The van der Waals surface area contributed by atoms with Gasteiger partial charge < -0.3 is 14.8 Å². The van der Waals surface area contributed by atoms with Crippen molar-refractivity contribution in [2.45, 2.75) is 13.5 Å². The maximum absolute atomic E-state index is 12.3. The van der Waals surface area contributed by atoms with Crippen LogP contribution in [-0.4, -0.2) is 41.2 Å². The molecule has 0 saturated heterocycles. The van der Waals surface area contributed by atoms with E-state index < -0.39 is 11.7 Å². The van der Waals surface area contributed by atoms with E-state index in [1.807, 2.05) is 18.2 Å². The summed E-state index contributed by atoms with van der Waals surface area (Å²) in [5.41, 5.74) is 2.51. The highest BCUT2D eigenvalue weighted by atomic mass is 35.5. The normalized spacial score (nSPS) is 10.6. The van der Waals surface area contributed by atoms with Gasteiger partial charge in [0.05, 0.1) is 37.3 Å². The molecule has 156 valence electrons. The number of methoxy groups -OCH3 is 1. The molecule has 30 heavy (non-hydrogen) atoms. The van der Waals surface area contributed by atoms with Gasteiger partial charge in [-0.2, -0.15) is 0 Å². The van der Waals surface area contributed by atoms with Crippen LogP contribution in [0.5, 0.6) is 0 Å². The number of aromatic amines is 1. The summed E-state index contributed by atoms with van der Waals surface area (Å²) >= 11 is 6.36. The average molecular weight is 429 g/mol. The minimum Gasteiger partial charge on any atom is -0.465 e. The van der Waals surface area contributed by atoms with E-state index >= 15 is 0 Å². The number of hydrogen-bond donors (Lipinski definition) is 2. The van der Waals surface area contributed by atoms with E-state index in [9.17, 15) is 9.59 Å². The molecular weight excluding hydrogens is 408 g/mol. The Balaban J connectivity index is 1.73. The summed E-state index contributed by atoms with van der Waals surface area (Å²) in [6.45, 7) is 2.85. The van der Waals surface area contributed by atoms with Gasteiger partial charge in [-0.15, -0.1) is 0 Å². The number of H-pyrrole nitrogens is 1. The first-order valence-corrected chi connectivity index (χ1v) is 9.58. The second-order valence-corrected chi connectivity index (χ2v) is 6.77. The van der Waals surface area contributed by atoms with Crippen LogP contribution in [0.2, 0.25) is 5.02 Å². The number of carbonyl (C=O) groups excluding carboxylic acids is 1. The summed E-state index contributed by atoms with van der Waals surface area (Å²) < 4.78 is 10.6. The third kappa shape index (κ3) is 5.22. The Kier molecular flexibility index (Phi) is 7.16. The van der Waals surface area contributed by atoms with E-state index in [0.29, 0.717) is 46.5 Å². The molecular formula is C21H21ClN4O4. The zero-order chi connectivity index (χ0) is 21.5. The molecule has 0 atom stereocenters. The lowest BCUT2D eigenvalue weighted by molar-refractivity contribution is 0.0600. The van der Waals surface area contributed by atoms with Crippen LogP contribution >= 0.6 is 11.6 Å². The van der Waals surface area contributed by atoms with Gasteiger partial charge in [0.1, 0.15) is 5.82 Å². The van der Waals surface area contributed by atoms with Gasteiger partial charge in [-0.3, -0.25) is 9.97 Å². The van der Waals surface area contributed by atoms with Crippen LogP contribution in [0, 0.1) is 6.92 Å². The number of aromatic nitrogens is 3. The zero-order valence-corrected chi connectivity index (χ0v) is 17.3. The SMILES string of the molecule is COC(=O)c1c(-c2ccccc2Cl)cc(COCCNc2ccnc(=O)[nH]2)nc1C. The molecule has 0 bridgehead atoms. The zero-order valence-electron chi connectivity index (χ0n) is 16.6. The smallest absolute Gasteiger partial charge is 0.346 e. The van der Waals surface area contributed by atoms with E-state index in [1.165, 1.54) is 13.3 Å². The predicted octanol–water partition coefficient (Wildman–Crippen LogP) is 3.21. The number of nitrogens with one attached hydrogen (secondary N) is 2. The number of ether oxygens (including phenoxy) is 2. The lowest BCUT2D eigenvalue weighted by Gasteiger charge is -2.14. The first-order chi connectivity index (χ1) is 14.5. The Labute approximate surface area is 178 Å². The third-order valence-corrected chi connectivity index (χ3v) is 4.62. The summed E-state index contributed by atoms with van der Waals surface area (Å²) in [6, 6.07) is 10.7. The second kappa shape index (κ2) is 10.00. The summed E-state index contributed by atoms with van der Waals surface area (Å²) in [5, 5.41) is 3.56. The molecule has 3 aromatic rings. The molecule has 2 N–H and O–H groups in total. The number of hydrogen-bond acceptors (Lipinski definition) is 7. The standard InChI is InChI=1S/C21H21ClN4O4/c1-13-19(20(27)29-2)16(15-5-3-4-6-17(15)22)11-14(25-13)12-30-10-9-23-18-7-8-24-21(28)26-18/h3-8,11H,9-10,12H2,1-2H3,(H2,23,24,26,28). The summed E-state index contributed by atoms with van der Waals surface area (Å²) in [6.07, 6.45) is 1.42. The van der Waals surface area contributed by atoms with Crippen LogP contribution in [0.15, 0.2) is 47.4 Å². The number of halogens is 1. The molecule has 8 nitrogen and oxygen atoms in total. The third-order valence-electron chi connectivity index (χ3n) is 4.29. The van der Waals surface area contributed by atoms with Crippen molar-refractivity contribution in [3.63, 3.8) is 0 Å². The molecule has 2 aromatic heterocycles. The number of benzene rings is 1. The minimum absolute atomic E-state index is 0.244. The van der Waals surface area contributed by atoms with E-state index in [-0.39, 0.29) is 6.61 Å². The second-order valence-electron chi connectivity index (χ2n) is 6.36. The van der Waals surface area contributed by atoms with Gasteiger partial charge in [0.25, 0.3) is 0 Å². The van der Waals surface area contributed by atoms with Crippen LogP contribution in [0.25, 0.3) is 11.1 Å². The summed E-state index contributed by atoms with van der Waals surface area (Å²) in [5.74, 6) is 0.0916. The molecule has 3 rings (SSSR count). The molecule has 0 fully saturated rings. The molecule has 0 aliphatic heterocycles. The van der Waals surface area contributed by atoms with E-state index in [4.69, 9.17) is 21.1 Å². The fraction of sp³-hybridized carbons (Fsp3) is 0.238. The molecule has 0 saturated carbocycles. The topological polar surface area (TPSA) is 106 Å². The van der Waals surface area contributed by atoms with Crippen LogP contribution in [0.4, 0.5) is 5.82 Å². The van der Waals surface area contributed by atoms with Gasteiger partial charge in [-0.25, -0.2) is 14.6 Å². The minimum atomic E-state index is -0.474. The number of nitrogens with zero attached hydrogens (tertiary/aromatic N) is 2. The molecule has 0 amide bonds. The van der Waals surface area contributed by atoms with Crippen LogP contribution in [0.3, 0.4) is 0 Å². The Hall–Kier alpha value is -3.23. The molecule has 2 heterocycles. The van der Waals surface area contributed by atoms with Crippen LogP contribution in [-0.2, 0) is 16.1 Å². The number of rotatable bonds is 8. The maximum atomic E-state index is 12.3. The fourth-order valence-electron chi connectivity index (χ4n) is 2.97. The maximum Gasteiger partial charge on any atom is 0.346 e. The van der Waals surface area contributed by atoms with Gasteiger partial charge in [-0.05, 0) is 25.1 Å². The van der Waals surface area contributed by atoms with E-state index in [0.717, 1.165) is 5.56 Å². The van der Waals surface area contributed by atoms with Crippen molar-refractivity contribution in [3.8, 4) is 11.1 Å². The van der Waals surface area contributed by atoms with Crippen LogP contribution < -0.4 is 11.0 Å². The molecule has 0 radical (unpaired) electrons. The van der Waals surface area contributed by atoms with Crippen molar-refractivity contribution in [2.24, 2.45) is 0 Å². The fourth-order valence-corrected chi connectivity index (χ4v) is 3.21. The van der Waals surface area contributed by atoms with Gasteiger partial charge in [0.15, 0.2) is 0 Å². The predicted molar refractivity (Wildman–Crippen MR) is 114 cm³/mol. The quantitative estimate of drug-likeness (QED) is 0.419. The van der Waals surface area contributed by atoms with Gasteiger partial charge in [0.2, 0.25) is 0 Å². The first kappa shape index (κ1) is 21.5. The number of pyridine rings is 1. The molecule has 1 aromatic carbocycles. The molecule has 0 aliphatic carbocycles. The Bertz CT molecular complexity index is 1100. The van der Waals surface area contributed by atoms with Crippen molar-refractivity contribution in [1.82, 2.24) is 15.0 Å². The number of aryl methyl sites for hydroxylation is 1. The highest BCUT2D eigenvalue weighted by Gasteiger charge is 2.20. The monoisotopic (exact) mass is 428 g/mol. The van der Waals surface area contributed by atoms with E-state index in [2.05, 4.69) is 20.3 Å². The molecule has 0 aliphatic rings. The Morgan fingerprint density at radius 1 is 1.23 bits per heavy atom.